The number of unbranched alkanes of at least 4 members (excludes halogenated alkanes) is 4. The molecule has 136 valence electrons. The fraction of sp³-hybridized carbons (Fsp3) is 0.682. The van der Waals surface area contributed by atoms with E-state index >= 15 is 0 Å². The summed E-state index contributed by atoms with van der Waals surface area (Å²) in [6.45, 7) is 4.52. The van der Waals surface area contributed by atoms with Crippen molar-refractivity contribution >= 4 is 0 Å². The maximum Gasteiger partial charge on any atom is 0.151 e. The Morgan fingerprint density at radius 1 is 1.04 bits per heavy atom. The van der Waals surface area contributed by atoms with E-state index in [1.807, 2.05) is 6.08 Å². The third kappa shape index (κ3) is 8.68. The number of hydrogen-bond acceptors (Lipinski definition) is 2. The van der Waals surface area contributed by atoms with Crippen LogP contribution in [-0.4, -0.2) is 16.5 Å². The maximum atomic E-state index is 8.82. The molecular formula is C22H36O2. The van der Waals surface area contributed by atoms with Gasteiger partial charge in [0.15, 0.2) is 6.29 Å². The summed E-state index contributed by atoms with van der Waals surface area (Å²) in [5.74, 6) is 1.86. The molecule has 0 aromatic carbocycles. The number of hydrogen-bond donors (Lipinski definition) is 2. The summed E-state index contributed by atoms with van der Waals surface area (Å²) < 4.78 is 0. The zero-order valence-electron chi connectivity index (χ0n) is 15.5. The number of rotatable bonds is 12. The zero-order chi connectivity index (χ0) is 17.6. The molecule has 1 aliphatic rings. The van der Waals surface area contributed by atoms with Gasteiger partial charge in [0, 0.05) is 6.42 Å². The van der Waals surface area contributed by atoms with Gasteiger partial charge in [-0.1, -0.05) is 57.4 Å². The van der Waals surface area contributed by atoms with E-state index in [9.17, 15) is 0 Å². The number of allylic oxidation sites excluding steroid dienone is 5. The highest BCUT2D eigenvalue weighted by Crippen LogP contribution is 2.36. The molecule has 0 saturated heterocycles. The van der Waals surface area contributed by atoms with Gasteiger partial charge in [-0.05, 0) is 62.0 Å². The predicted molar refractivity (Wildman–Crippen MR) is 103 cm³/mol. The van der Waals surface area contributed by atoms with E-state index in [1.165, 1.54) is 38.5 Å². The van der Waals surface area contributed by atoms with Gasteiger partial charge in [0.25, 0.3) is 0 Å². The van der Waals surface area contributed by atoms with Crippen molar-refractivity contribution in [1.29, 1.82) is 0 Å². The van der Waals surface area contributed by atoms with Crippen molar-refractivity contribution in [2.75, 3.05) is 0 Å². The van der Waals surface area contributed by atoms with Crippen LogP contribution in [0, 0.1) is 17.8 Å². The normalized spacial score (nSPS) is 23.1. The average molecular weight is 333 g/mol. The lowest BCUT2D eigenvalue weighted by Gasteiger charge is -2.21. The largest absolute Gasteiger partial charge is 0.368 e. The van der Waals surface area contributed by atoms with Crippen LogP contribution in [0.2, 0.25) is 0 Å². The van der Waals surface area contributed by atoms with E-state index in [1.54, 1.807) is 0 Å². The molecule has 2 heteroatoms. The van der Waals surface area contributed by atoms with Gasteiger partial charge >= 0.3 is 0 Å². The molecule has 0 radical (unpaired) electrons. The average Bonchev–Trinajstić information content (AvgIpc) is 2.95. The lowest BCUT2D eigenvalue weighted by atomic mass is 9.83. The SMILES string of the molecule is CCCCCCC=C[C@H]1C=C[C@H](CC)[C@H]1CC=C=CCCC(O)O. The first kappa shape index (κ1) is 21.0. The third-order valence-corrected chi connectivity index (χ3v) is 4.87. The monoisotopic (exact) mass is 332 g/mol. The Morgan fingerprint density at radius 3 is 2.58 bits per heavy atom. The van der Waals surface area contributed by atoms with E-state index in [0.717, 1.165) is 6.42 Å². The van der Waals surface area contributed by atoms with Gasteiger partial charge in [0.2, 0.25) is 0 Å². The molecule has 2 nitrogen and oxygen atoms in total. The van der Waals surface area contributed by atoms with Crippen LogP contribution in [0.15, 0.2) is 42.2 Å². The van der Waals surface area contributed by atoms with Crippen molar-refractivity contribution in [2.24, 2.45) is 17.8 Å². The second kappa shape index (κ2) is 13.2. The molecule has 1 aliphatic carbocycles. The van der Waals surface area contributed by atoms with Gasteiger partial charge in [-0.2, -0.15) is 0 Å². The quantitative estimate of drug-likeness (QED) is 0.213. The first-order chi connectivity index (χ1) is 11.7. The van der Waals surface area contributed by atoms with Crippen LogP contribution < -0.4 is 0 Å². The van der Waals surface area contributed by atoms with Crippen LogP contribution in [0.1, 0.15) is 71.6 Å². The minimum Gasteiger partial charge on any atom is -0.368 e. The molecule has 0 unspecified atom stereocenters. The summed E-state index contributed by atoms with van der Waals surface area (Å²) in [5.41, 5.74) is 3.20. The highest BCUT2D eigenvalue weighted by Gasteiger charge is 2.27. The minimum atomic E-state index is -1.21. The van der Waals surface area contributed by atoms with E-state index < -0.39 is 6.29 Å². The zero-order valence-corrected chi connectivity index (χ0v) is 15.5. The molecule has 0 aliphatic heterocycles. The van der Waals surface area contributed by atoms with Crippen molar-refractivity contribution < 1.29 is 10.2 Å². The van der Waals surface area contributed by atoms with Gasteiger partial charge in [-0.25, -0.2) is 0 Å². The summed E-state index contributed by atoms with van der Waals surface area (Å²) >= 11 is 0. The van der Waals surface area contributed by atoms with E-state index in [2.05, 4.69) is 50.0 Å². The van der Waals surface area contributed by atoms with Gasteiger partial charge < -0.3 is 10.2 Å². The van der Waals surface area contributed by atoms with Crippen molar-refractivity contribution in [3.05, 3.63) is 42.2 Å². The molecule has 0 fully saturated rings. The van der Waals surface area contributed by atoms with Gasteiger partial charge in [-0.3, -0.25) is 0 Å². The van der Waals surface area contributed by atoms with Crippen LogP contribution in [0.4, 0.5) is 0 Å². The van der Waals surface area contributed by atoms with Crippen LogP contribution >= 0.6 is 0 Å². The maximum absolute atomic E-state index is 8.82. The molecule has 0 amide bonds. The van der Waals surface area contributed by atoms with E-state index in [0.29, 0.717) is 30.6 Å². The Morgan fingerprint density at radius 2 is 1.88 bits per heavy atom. The predicted octanol–water partition coefficient (Wildman–Crippen LogP) is 5.53. The summed E-state index contributed by atoms with van der Waals surface area (Å²) in [4.78, 5) is 0. The molecular weight excluding hydrogens is 296 g/mol. The lowest BCUT2D eigenvalue weighted by molar-refractivity contribution is -0.0442. The molecule has 0 aromatic heterocycles. The van der Waals surface area contributed by atoms with Gasteiger partial charge in [0.05, 0.1) is 0 Å². The van der Waals surface area contributed by atoms with Crippen molar-refractivity contribution in [2.45, 2.75) is 77.9 Å². The molecule has 0 heterocycles. The standard InChI is InChI=1S/C22H36O2/c1-3-5-6-7-8-11-14-20-18-17-19(4-2)21(20)15-12-9-10-13-16-22(23)24/h10-12,14,17-24H,3-8,13,15-16H2,1-2H3/t9?,19-,20-,21+/m0/s1. The van der Waals surface area contributed by atoms with E-state index in [-0.39, 0.29) is 0 Å². The van der Waals surface area contributed by atoms with E-state index in [4.69, 9.17) is 10.2 Å². The molecule has 3 atom stereocenters. The number of aliphatic hydroxyl groups excluding tert-OH is 1. The molecule has 0 bridgehead atoms. The Hall–Kier alpha value is -1.08. The lowest BCUT2D eigenvalue weighted by Crippen LogP contribution is -2.13. The molecule has 1 rings (SSSR count). The minimum absolute atomic E-state index is 0.382. The summed E-state index contributed by atoms with van der Waals surface area (Å²) in [6, 6.07) is 0. The Labute approximate surface area is 148 Å². The van der Waals surface area contributed by atoms with Crippen molar-refractivity contribution in [3.63, 3.8) is 0 Å². The second-order valence-electron chi connectivity index (χ2n) is 6.84. The van der Waals surface area contributed by atoms with Crippen molar-refractivity contribution in [1.82, 2.24) is 0 Å². The van der Waals surface area contributed by atoms with Crippen LogP contribution in [0.5, 0.6) is 0 Å². The third-order valence-electron chi connectivity index (χ3n) is 4.87. The van der Waals surface area contributed by atoms with Crippen LogP contribution in [0.3, 0.4) is 0 Å². The first-order valence-electron chi connectivity index (χ1n) is 9.79. The second-order valence-corrected chi connectivity index (χ2v) is 6.84. The summed E-state index contributed by atoms with van der Waals surface area (Å²) in [6.07, 6.45) is 22.1. The smallest absolute Gasteiger partial charge is 0.151 e. The Kier molecular flexibility index (Phi) is 11.6. The number of aliphatic hydroxyl groups is 2. The molecule has 0 saturated carbocycles. The molecule has 0 aromatic rings. The fourth-order valence-corrected chi connectivity index (χ4v) is 3.37. The molecule has 0 spiro atoms. The molecule has 24 heavy (non-hydrogen) atoms. The Balaban J connectivity index is 2.42. The highest BCUT2D eigenvalue weighted by molar-refractivity contribution is 5.14. The van der Waals surface area contributed by atoms with Crippen LogP contribution in [-0.2, 0) is 0 Å². The topological polar surface area (TPSA) is 40.5 Å². The highest BCUT2D eigenvalue weighted by atomic mass is 16.5. The Bertz CT molecular complexity index is 427. The van der Waals surface area contributed by atoms with Gasteiger partial charge in [-0.15, -0.1) is 5.73 Å². The van der Waals surface area contributed by atoms with Crippen molar-refractivity contribution in [3.8, 4) is 0 Å². The summed E-state index contributed by atoms with van der Waals surface area (Å²) in [5, 5.41) is 17.6. The summed E-state index contributed by atoms with van der Waals surface area (Å²) in [7, 11) is 0. The van der Waals surface area contributed by atoms with Gasteiger partial charge in [0.1, 0.15) is 0 Å². The first-order valence-corrected chi connectivity index (χ1v) is 9.79. The fourth-order valence-electron chi connectivity index (χ4n) is 3.37. The van der Waals surface area contributed by atoms with Crippen LogP contribution in [0.25, 0.3) is 0 Å². The molecule has 2 N–H and O–H groups in total.